The molecule has 0 saturated heterocycles. The number of nitrogens with one attached hydrogen (secondary N) is 3. The Morgan fingerprint density at radius 2 is 2.09 bits per heavy atom. The number of pyridine rings is 1. The average Bonchev–Trinajstić information content (AvgIpc) is 3.57. The van der Waals surface area contributed by atoms with E-state index in [0.29, 0.717) is 33.0 Å². The standard InChI is InChI=1S/C37H46FN5O3/c1-4-6-7-11-34-24(5-2)26-14-32-37-27(16-43(32)33(26)18-46-34)36-29(13-12-25-22(3)28(38)15-30(42-37)35(25)36)41-31(23-9-8-10-23)17-45-21-40-19-39-20-44/h11,14-15,20,24,29,40-41H,4-10,12-13,16-19,21H2,1-3H3,(H,39,44)/b34-11+. The Balaban J connectivity index is 1.26. The van der Waals surface area contributed by atoms with Crippen molar-refractivity contribution in [2.24, 2.45) is 0 Å². The van der Waals surface area contributed by atoms with E-state index in [4.69, 9.17) is 14.5 Å². The van der Waals surface area contributed by atoms with Gasteiger partial charge in [-0.25, -0.2) is 9.37 Å². The van der Waals surface area contributed by atoms with Crippen LogP contribution < -0.4 is 16.0 Å². The lowest BCUT2D eigenvalue weighted by atomic mass is 9.81. The van der Waals surface area contributed by atoms with E-state index in [1.165, 1.54) is 47.2 Å². The third-order valence-corrected chi connectivity index (χ3v) is 10.5. The zero-order valence-electron chi connectivity index (χ0n) is 27.4. The summed E-state index contributed by atoms with van der Waals surface area (Å²) in [5.74, 6) is 1.18. The molecule has 0 bridgehead atoms. The summed E-state index contributed by atoms with van der Waals surface area (Å²) in [5.41, 5.74) is 12.3. The van der Waals surface area contributed by atoms with Gasteiger partial charge in [-0.3, -0.25) is 10.1 Å². The molecule has 1 amide bonds. The minimum Gasteiger partial charge on any atom is -0.491 e. The molecule has 2 atom stereocenters. The lowest BCUT2D eigenvalue weighted by Gasteiger charge is -2.33. The van der Waals surface area contributed by atoms with Crippen LogP contribution in [0.2, 0.25) is 0 Å². The van der Waals surface area contributed by atoms with E-state index in [1.807, 2.05) is 6.92 Å². The largest absolute Gasteiger partial charge is 0.491 e. The molecule has 244 valence electrons. The fourth-order valence-corrected chi connectivity index (χ4v) is 7.87. The number of hydrogen-bond donors (Lipinski definition) is 3. The SMILES string of the molecule is CCCC/C=C1/OCc2c(cc3n2Cc2c-3nc3cc(F)c(C)c4c3c2C(NC(COCNCNC=O)=C2CCC2)CC4)C1CC. The fourth-order valence-electron chi connectivity index (χ4n) is 7.87. The maximum absolute atomic E-state index is 15.3. The van der Waals surface area contributed by atoms with Gasteiger partial charge in [-0.05, 0) is 98.3 Å². The van der Waals surface area contributed by atoms with E-state index in [1.54, 1.807) is 6.07 Å². The smallest absolute Gasteiger partial charge is 0.208 e. The van der Waals surface area contributed by atoms with E-state index in [2.05, 4.69) is 46.5 Å². The summed E-state index contributed by atoms with van der Waals surface area (Å²) in [7, 11) is 0. The number of halogens is 1. The molecule has 8 nitrogen and oxygen atoms in total. The minimum atomic E-state index is -0.177. The molecule has 1 aromatic carbocycles. The van der Waals surface area contributed by atoms with Gasteiger partial charge in [0.25, 0.3) is 0 Å². The van der Waals surface area contributed by atoms with Crippen LogP contribution in [-0.4, -0.2) is 36.0 Å². The first kappa shape index (κ1) is 30.9. The van der Waals surface area contributed by atoms with Gasteiger partial charge in [-0.15, -0.1) is 0 Å². The third-order valence-electron chi connectivity index (χ3n) is 10.5. The second-order valence-electron chi connectivity index (χ2n) is 13.1. The van der Waals surface area contributed by atoms with E-state index >= 15 is 4.39 Å². The maximum Gasteiger partial charge on any atom is 0.208 e. The Labute approximate surface area is 270 Å². The van der Waals surface area contributed by atoms with E-state index in [9.17, 15) is 4.79 Å². The maximum atomic E-state index is 15.3. The second kappa shape index (κ2) is 13.2. The van der Waals surface area contributed by atoms with Gasteiger partial charge in [0.2, 0.25) is 6.41 Å². The zero-order valence-corrected chi connectivity index (χ0v) is 27.4. The van der Waals surface area contributed by atoms with Crippen LogP contribution in [0.3, 0.4) is 0 Å². The van der Waals surface area contributed by atoms with Crippen molar-refractivity contribution in [2.45, 2.75) is 104 Å². The van der Waals surface area contributed by atoms with Crippen LogP contribution in [0.25, 0.3) is 22.3 Å². The van der Waals surface area contributed by atoms with Crippen LogP contribution in [0, 0.1) is 12.7 Å². The molecule has 2 aromatic heterocycles. The van der Waals surface area contributed by atoms with Crippen LogP contribution in [-0.2, 0) is 33.8 Å². The van der Waals surface area contributed by atoms with Gasteiger partial charge in [0.1, 0.15) is 18.2 Å². The van der Waals surface area contributed by atoms with Crippen molar-refractivity contribution in [1.82, 2.24) is 25.5 Å². The number of aryl methyl sites for hydroxylation is 1. The van der Waals surface area contributed by atoms with Gasteiger partial charge in [-0.2, -0.15) is 0 Å². The molecule has 0 spiro atoms. The summed E-state index contributed by atoms with van der Waals surface area (Å²) in [6.07, 6.45) is 12.4. The van der Waals surface area contributed by atoms with Crippen LogP contribution in [0.15, 0.2) is 35.2 Å². The van der Waals surface area contributed by atoms with Crippen molar-refractivity contribution in [3.05, 3.63) is 74.6 Å². The zero-order chi connectivity index (χ0) is 31.8. The molecule has 7 rings (SSSR count). The minimum absolute atomic E-state index is 0.0705. The van der Waals surface area contributed by atoms with E-state index in [-0.39, 0.29) is 17.8 Å². The molecule has 46 heavy (non-hydrogen) atoms. The van der Waals surface area contributed by atoms with Crippen LogP contribution in [0.5, 0.6) is 0 Å². The van der Waals surface area contributed by atoms with Crippen molar-refractivity contribution in [3.63, 3.8) is 0 Å². The number of carbonyl (C=O) groups is 1. The van der Waals surface area contributed by atoms with Crippen molar-refractivity contribution in [2.75, 3.05) is 20.0 Å². The van der Waals surface area contributed by atoms with E-state index in [0.717, 1.165) is 89.9 Å². The number of nitrogens with zero attached hydrogens (tertiary/aromatic N) is 2. The van der Waals surface area contributed by atoms with E-state index < -0.39 is 0 Å². The first-order chi connectivity index (χ1) is 22.5. The number of carbonyl (C=O) groups excluding carboxylic acids is 1. The molecule has 2 aliphatic carbocycles. The molecule has 2 unspecified atom stereocenters. The molecular formula is C37H46FN5O3. The highest BCUT2D eigenvalue weighted by Gasteiger charge is 2.38. The molecule has 2 aliphatic heterocycles. The number of benzene rings is 1. The van der Waals surface area contributed by atoms with Gasteiger partial charge in [0.05, 0.1) is 55.2 Å². The van der Waals surface area contributed by atoms with Gasteiger partial charge in [0, 0.05) is 28.6 Å². The van der Waals surface area contributed by atoms with Crippen molar-refractivity contribution >= 4 is 17.3 Å². The van der Waals surface area contributed by atoms with Crippen molar-refractivity contribution in [1.29, 1.82) is 0 Å². The molecule has 4 aliphatic rings. The first-order valence-corrected chi connectivity index (χ1v) is 17.2. The summed E-state index contributed by atoms with van der Waals surface area (Å²) in [5, 5.41) is 10.7. The van der Waals surface area contributed by atoms with Gasteiger partial charge < -0.3 is 24.7 Å². The quantitative estimate of drug-likeness (QED) is 0.0850. The Hall–Kier alpha value is -3.69. The molecule has 3 aromatic rings. The number of aromatic nitrogens is 2. The number of unbranched alkanes of at least 4 members (excludes halogenated alkanes) is 2. The van der Waals surface area contributed by atoms with Crippen molar-refractivity contribution < 1.29 is 18.7 Å². The molecule has 4 heterocycles. The number of rotatable bonds is 13. The Morgan fingerprint density at radius 1 is 1.22 bits per heavy atom. The summed E-state index contributed by atoms with van der Waals surface area (Å²) in [4.78, 5) is 15.8. The fraction of sp³-hybridized carbons (Fsp3) is 0.514. The lowest BCUT2D eigenvalue weighted by molar-refractivity contribution is -0.109. The average molecular weight is 628 g/mol. The molecule has 9 heteroatoms. The topological polar surface area (TPSA) is 89.4 Å². The number of ether oxygens (including phenoxy) is 2. The van der Waals surface area contributed by atoms with Crippen LogP contribution in [0.4, 0.5) is 4.39 Å². The molecule has 1 fully saturated rings. The number of hydrogen-bond acceptors (Lipinski definition) is 6. The number of amides is 1. The van der Waals surface area contributed by atoms with Gasteiger partial charge in [0.15, 0.2) is 0 Å². The summed E-state index contributed by atoms with van der Waals surface area (Å²) in [6.45, 7) is 8.87. The van der Waals surface area contributed by atoms with Crippen LogP contribution in [0.1, 0.15) is 111 Å². The number of allylic oxidation sites excluding steroid dienone is 3. The summed E-state index contributed by atoms with van der Waals surface area (Å²) in [6, 6.07) is 4.06. The van der Waals surface area contributed by atoms with Crippen molar-refractivity contribution in [3.8, 4) is 11.4 Å². The Morgan fingerprint density at radius 3 is 2.85 bits per heavy atom. The second-order valence-corrected chi connectivity index (χ2v) is 13.1. The van der Waals surface area contributed by atoms with Crippen LogP contribution >= 0.6 is 0 Å². The molecule has 3 N–H and O–H groups in total. The normalized spacial score (nSPS) is 20.2. The highest BCUT2D eigenvalue weighted by atomic mass is 19.1. The number of fused-ring (bicyclic) bond motifs is 6. The summed E-state index contributed by atoms with van der Waals surface area (Å²) < 4.78 is 30.2. The molecule has 1 saturated carbocycles. The predicted molar refractivity (Wildman–Crippen MR) is 177 cm³/mol. The lowest BCUT2D eigenvalue weighted by Crippen LogP contribution is -2.33. The highest BCUT2D eigenvalue weighted by Crippen LogP contribution is 2.49. The summed E-state index contributed by atoms with van der Waals surface area (Å²) >= 11 is 0. The highest BCUT2D eigenvalue weighted by molar-refractivity contribution is 5.93. The monoisotopic (exact) mass is 627 g/mol. The third kappa shape index (κ3) is 5.41. The van der Waals surface area contributed by atoms with Gasteiger partial charge in [-0.1, -0.05) is 20.3 Å². The Bertz CT molecular complexity index is 1720. The first-order valence-electron chi connectivity index (χ1n) is 17.2. The Kier molecular flexibility index (Phi) is 8.88. The van der Waals surface area contributed by atoms with Gasteiger partial charge >= 0.3 is 0 Å². The predicted octanol–water partition coefficient (Wildman–Crippen LogP) is 6.89. The molecular weight excluding hydrogens is 581 g/mol. The molecule has 0 radical (unpaired) electrons.